The predicted octanol–water partition coefficient (Wildman–Crippen LogP) is 3.12. The third-order valence-corrected chi connectivity index (χ3v) is 3.95. The molecule has 0 fully saturated rings. The topological polar surface area (TPSA) is 71.4 Å². The van der Waals surface area contributed by atoms with Crippen LogP contribution >= 0.6 is 35.3 Å². The standard InChI is InChI=1S/C16H23N5OS.HI/c1-4-8-22-15-13(6-5-7-18-15)10-20-16(17-3)21-11-14-19-9-12(2)23-14;/h5-7,9H,4,8,10-11H2,1-3H3,(H2,17,20,21);1H. The van der Waals surface area contributed by atoms with Crippen molar-refractivity contribution >= 4 is 41.3 Å². The van der Waals surface area contributed by atoms with E-state index in [4.69, 9.17) is 4.74 Å². The Morgan fingerprint density at radius 3 is 2.75 bits per heavy atom. The Bertz CT molecular complexity index is 647. The van der Waals surface area contributed by atoms with Crippen molar-refractivity contribution < 1.29 is 4.74 Å². The van der Waals surface area contributed by atoms with E-state index >= 15 is 0 Å². The number of aryl methyl sites for hydroxylation is 1. The van der Waals surface area contributed by atoms with Crippen molar-refractivity contribution in [3.8, 4) is 5.88 Å². The summed E-state index contributed by atoms with van der Waals surface area (Å²) in [5, 5.41) is 7.57. The van der Waals surface area contributed by atoms with Gasteiger partial charge in [0, 0.05) is 36.4 Å². The van der Waals surface area contributed by atoms with E-state index in [1.165, 1.54) is 4.88 Å². The quantitative estimate of drug-likeness (QED) is 0.377. The molecule has 0 saturated heterocycles. The highest BCUT2D eigenvalue weighted by Crippen LogP contribution is 2.14. The van der Waals surface area contributed by atoms with Crippen molar-refractivity contribution in [1.29, 1.82) is 0 Å². The zero-order valence-electron chi connectivity index (χ0n) is 14.2. The summed E-state index contributed by atoms with van der Waals surface area (Å²) in [5.41, 5.74) is 1.01. The van der Waals surface area contributed by atoms with Gasteiger partial charge in [0.05, 0.1) is 13.2 Å². The minimum Gasteiger partial charge on any atom is -0.477 e. The summed E-state index contributed by atoms with van der Waals surface area (Å²) in [6.45, 7) is 6.05. The summed E-state index contributed by atoms with van der Waals surface area (Å²) in [7, 11) is 1.75. The Balaban J connectivity index is 0.00000288. The van der Waals surface area contributed by atoms with E-state index in [-0.39, 0.29) is 24.0 Å². The second-order valence-electron chi connectivity index (χ2n) is 4.96. The molecule has 2 aromatic heterocycles. The highest BCUT2D eigenvalue weighted by Gasteiger charge is 2.06. The van der Waals surface area contributed by atoms with Crippen LogP contribution in [0.5, 0.6) is 5.88 Å². The first kappa shape index (κ1) is 20.6. The number of hydrogen-bond donors (Lipinski definition) is 2. The van der Waals surface area contributed by atoms with Crippen LogP contribution < -0.4 is 15.4 Å². The zero-order valence-corrected chi connectivity index (χ0v) is 17.4. The number of aliphatic imine (C=N–C) groups is 1. The van der Waals surface area contributed by atoms with E-state index in [1.807, 2.05) is 18.3 Å². The van der Waals surface area contributed by atoms with Gasteiger partial charge < -0.3 is 15.4 Å². The molecule has 0 aliphatic carbocycles. The van der Waals surface area contributed by atoms with E-state index < -0.39 is 0 Å². The monoisotopic (exact) mass is 461 g/mol. The first-order chi connectivity index (χ1) is 11.2. The van der Waals surface area contributed by atoms with Crippen LogP contribution in [0.1, 0.15) is 28.8 Å². The van der Waals surface area contributed by atoms with Gasteiger partial charge in [-0.1, -0.05) is 13.0 Å². The molecule has 0 aliphatic rings. The molecule has 2 aromatic rings. The van der Waals surface area contributed by atoms with Crippen LogP contribution in [-0.2, 0) is 13.1 Å². The number of nitrogens with one attached hydrogen (secondary N) is 2. The van der Waals surface area contributed by atoms with Crippen molar-refractivity contribution in [2.45, 2.75) is 33.4 Å². The lowest BCUT2D eigenvalue weighted by molar-refractivity contribution is 0.301. The molecule has 0 atom stereocenters. The number of hydrogen-bond acceptors (Lipinski definition) is 5. The number of nitrogens with zero attached hydrogens (tertiary/aromatic N) is 3. The summed E-state index contributed by atoms with van der Waals surface area (Å²) < 4.78 is 5.66. The van der Waals surface area contributed by atoms with Crippen LogP contribution in [0.15, 0.2) is 29.5 Å². The van der Waals surface area contributed by atoms with Crippen LogP contribution in [0.3, 0.4) is 0 Å². The highest BCUT2D eigenvalue weighted by molar-refractivity contribution is 14.0. The van der Waals surface area contributed by atoms with Crippen LogP contribution in [0, 0.1) is 6.92 Å². The third kappa shape index (κ3) is 6.60. The minimum atomic E-state index is 0. The summed E-state index contributed by atoms with van der Waals surface area (Å²) in [4.78, 5) is 14.1. The molecule has 132 valence electrons. The lowest BCUT2D eigenvalue weighted by Gasteiger charge is -2.13. The maximum atomic E-state index is 5.66. The number of guanidine groups is 1. The van der Waals surface area contributed by atoms with E-state index in [9.17, 15) is 0 Å². The highest BCUT2D eigenvalue weighted by atomic mass is 127. The average molecular weight is 461 g/mol. The molecule has 6 nitrogen and oxygen atoms in total. The molecule has 2 N–H and O–H groups in total. The van der Waals surface area contributed by atoms with Crippen molar-refractivity contribution in [2.24, 2.45) is 4.99 Å². The Hall–Kier alpha value is -1.42. The fourth-order valence-electron chi connectivity index (χ4n) is 1.93. The van der Waals surface area contributed by atoms with Gasteiger partial charge in [-0.25, -0.2) is 9.97 Å². The molecule has 2 rings (SSSR count). The normalized spacial score (nSPS) is 10.9. The van der Waals surface area contributed by atoms with Gasteiger partial charge in [-0.2, -0.15) is 0 Å². The number of thiazole rings is 1. The van der Waals surface area contributed by atoms with E-state index in [1.54, 1.807) is 24.6 Å². The largest absolute Gasteiger partial charge is 0.477 e. The summed E-state index contributed by atoms with van der Waals surface area (Å²) in [6, 6.07) is 3.91. The molecule has 0 amide bonds. The second kappa shape index (κ2) is 11.2. The fourth-order valence-corrected chi connectivity index (χ4v) is 2.66. The van der Waals surface area contributed by atoms with E-state index in [0.717, 1.165) is 23.0 Å². The van der Waals surface area contributed by atoms with Gasteiger partial charge in [0.15, 0.2) is 5.96 Å². The van der Waals surface area contributed by atoms with Gasteiger partial charge in [-0.05, 0) is 19.4 Å². The molecular formula is C16H24IN5OS. The molecule has 0 aliphatic heterocycles. The maximum Gasteiger partial charge on any atom is 0.218 e. The van der Waals surface area contributed by atoms with Crippen molar-refractivity contribution in [2.75, 3.05) is 13.7 Å². The molecule has 0 bridgehead atoms. The van der Waals surface area contributed by atoms with Crippen LogP contribution in [0.4, 0.5) is 0 Å². The summed E-state index contributed by atoms with van der Waals surface area (Å²) >= 11 is 1.68. The second-order valence-corrected chi connectivity index (χ2v) is 6.28. The molecule has 2 heterocycles. The summed E-state index contributed by atoms with van der Waals surface area (Å²) in [5.74, 6) is 1.40. The first-order valence-corrected chi connectivity index (χ1v) is 8.47. The molecule has 8 heteroatoms. The molecular weight excluding hydrogens is 437 g/mol. The van der Waals surface area contributed by atoms with E-state index in [0.29, 0.717) is 25.6 Å². The SMILES string of the molecule is CCCOc1ncccc1CNC(=NC)NCc1ncc(C)s1.I. The predicted molar refractivity (Wildman–Crippen MR) is 109 cm³/mol. The van der Waals surface area contributed by atoms with Crippen LogP contribution in [0.25, 0.3) is 0 Å². The Morgan fingerprint density at radius 2 is 2.08 bits per heavy atom. The van der Waals surface area contributed by atoms with Gasteiger partial charge in [0.1, 0.15) is 5.01 Å². The lowest BCUT2D eigenvalue weighted by atomic mass is 10.2. The van der Waals surface area contributed by atoms with Gasteiger partial charge in [0.25, 0.3) is 0 Å². The van der Waals surface area contributed by atoms with Gasteiger partial charge in [0.2, 0.25) is 5.88 Å². The number of rotatable bonds is 7. The Kier molecular flexibility index (Phi) is 9.62. The maximum absolute atomic E-state index is 5.66. The van der Waals surface area contributed by atoms with E-state index in [2.05, 4.69) is 39.4 Å². The lowest BCUT2D eigenvalue weighted by Crippen LogP contribution is -2.36. The molecule has 24 heavy (non-hydrogen) atoms. The number of pyridine rings is 1. The number of halogens is 1. The summed E-state index contributed by atoms with van der Waals surface area (Å²) in [6.07, 6.45) is 4.58. The Morgan fingerprint density at radius 1 is 1.29 bits per heavy atom. The minimum absolute atomic E-state index is 0. The molecule has 0 unspecified atom stereocenters. The van der Waals surface area contributed by atoms with Gasteiger partial charge >= 0.3 is 0 Å². The molecule has 0 saturated carbocycles. The Labute approximate surface area is 164 Å². The number of aromatic nitrogens is 2. The zero-order chi connectivity index (χ0) is 16.5. The first-order valence-electron chi connectivity index (χ1n) is 7.65. The van der Waals surface area contributed by atoms with Crippen molar-refractivity contribution in [3.05, 3.63) is 40.0 Å². The fraction of sp³-hybridized carbons (Fsp3) is 0.438. The third-order valence-electron chi connectivity index (χ3n) is 3.04. The van der Waals surface area contributed by atoms with Crippen LogP contribution in [0.2, 0.25) is 0 Å². The smallest absolute Gasteiger partial charge is 0.218 e. The molecule has 0 radical (unpaired) electrons. The number of ether oxygens (including phenoxy) is 1. The molecule has 0 aromatic carbocycles. The van der Waals surface area contributed by atoms with Crippen LogP contribution in [-0.4, -0.2) is 29.6 Å². The average Bonchev–Trinajstić information content (AvgIpc) is 2.99. The van der Waals surface area contributed by atoms with Crippen molar-refractivity contribution in [3.63, 3.8) is 0 Å². The molecule has 0 spiro atoms. The van der Waals surface area contributed by atoms with Crippen molar-refractivity contribution in [1.82, 2.24) is 20.6 Å². The van der Waals surface area contributed by atoms with Gasteiger partial charge in [-0.3, -0.25) is 4.99 Å². The van der Waals surface area contributed by atoms with Gasteiger partial charge in [-0.15, -0.1) is 35.3 Å².